The maximum Gasteiger partial charge on any atom is 0.322 e. The Bertz CT molecular complexity index is 412. The highest BCUT2D eigenvalue weighted by Crippen LogP contribution is 2.10. The maximum absolute atomic E-state index is 11.8. The van der Waals surface area contributed by atoms with Crippen LogP contribution in [0.15, 0.2) is 0 Å². The molecule has 21 heavy (non-hydrogen) atoms. The van der Waals surface area contributed by atoms with Crippen LogP contribution < -0.4 is 16.8 Å². The molecule has 0 saturated heterocycles. The van der Waals surface area contributed by atoms with E-state index in [0.717, 1.165) is 0 Å². The molecule has 0 aromatic heterocycles. The molecule has 1 unspecified atom stereocenters. The molecule has 9 heteroatoms. The van der Waals surface area contributed by atoms with Crippen molar-refractivity contribution in [1.82, 2.24) is 5.32 Å². The number of aliphatic carboxylic acids is 2. The molecule has 3 atom stereocenters. The minimum absolute atomic E-state index is 0.0152. The van der Waals surface area contributed by atoms with Crippen molar-refractivity contribution in [1.29, 1.82) is 0 Å². The van der Waals surface area contributed by atoms with E-state index in [2.05, 4.69) is 5.32 Å². The average Bonchev–Trinajstić information content (AvgIpc) is 2.40. The van der Waals surface area contributed by atoms with Crippen molar-refractivity contribution < 1.29 is 29.4 Å². The van der Waals surface area contributed by atoms with Gasteiger partial charge in [-0.3, -0.25) is 19.2 Å². The van der Waals surface area contributed by atoms with Crippen molar-refractivity contribution in [3.63, 3.8) is 0 Å². The summed E-state index contributed by atoms with van der Waals surface area (Å²) in [5.41, 5.74) is 11.2. The summed E-state index contributed by atoms with van der Waals surface area (Å²) in [5, 5.41) is 19.1. The van der Waals surface area contributed by atoms with Gasteiger partial charge in [0.05, 0.1) is 12.1 Å². The number of carbonyl (C=O) groups excluding carboxylic acids is 2. The second-order valence-electron chi connectivity index (χ2n) is 4.82. The van der Waals surface area contributed by atoms with E-state index in [0.29, 0.717) is 0 Å². The summed E-state index contributed by atoms with van der Waals surface area (Å²) < 4.78 is 0. The zero-order chi connectivity index (χ0) is 16.6. The highest BCUT2D eigenvalue weighted by Gasteiger charge is 2.25. The van der Waals surface area contributed by atoms with Gasteiger partial charge in [-0.2, -0.15) is 0 Å². The Morgan fingerprint density at radius 1 is 1.10 bits per heavy atom. The number of amides is 1. The first-order valence-corrected chi connectivity index (χ1v) is 6.40. The SMILES string of the molecule is CC(CC(=O)[C@@H](N)CCC(=O)O)[C@H](N)C(=O)NCC(=O)O. The van der Waals surface area contributed by atoms with E-state index < -0.39 is 42.4 Å². The number of carbonyl (C=O) groups is 4. The van der Waals surface area contributed by atoms with Crippen LogP contribution in [0.5, 0.6) is 0 Å². The van der Waals surface area contributed by atoms with Crippen molar-refractivity contribution in [2.24, 2.45) is 17.4 Å². The highest BCUT2D eigenvalue weighted by molar-refractivity contribution is 5.88. The van der Waals surface area contributed by atoms with Crippen molar-refractivity contribution >= 4 is 23.6 Å². The quantitative estimate of drug-likeness (QED) is 0.317. The molecule has 0 rings (SSSR count). The number of hydrogen-bond acceptors (Lipinski definition) is 6. The van der Waals surface area contributed by atoms with E-state index in [4.69, 9.17) is 21.7 Å². The minimum Gasteiger partial charge on any atom is -0.481 e. The van der Waals surface area contributed by atoms with Crippen LogP contribution in [0.25, 0.3) is 0 Å². The molecular weight excluding hydrogens is 282 g/mol. The molecule has 0 saturated carbocycles. The zero-order valence-corrected chi connectivity index (χ0v) is 11.7. The fourth-order valence-corrected chi connectivity index (χ4v) is 1.57. The Morgan fingerprint density at radius 3 is 2.14 bits per heavy atom. The summed E-state index contributed by atoms with van der Waals surface area (Å²) in [7, 11) is 0. The summed E-state index contributed by atoms with van der Waals surface area (Å²) in [5.74, 6) is -3.84. The monoisotopic (exact) mass is 303 g/mol. The van der Waals surface area contributed by atoms with E-state index in [-0.39, 0.29) is 25.0 Å². The van der Waals surface area contributed by atoms with Crippen LogP contribution in [-0.2, 0) is 19.2 Å². The molecule has 0 aromatic carbocycles. The predicted octanol–water partition coefficient (Wildman–Crippen LogP) is -1.70. The van der Waals surface area contributed by atoms with Gasteiger partial charge in [0.2, 0.25) is 5.91 Å². The lowest BCUT2D eigenvalue weighted by Crippen LogP contribution is -2.47. The molecular formula is C12H21N3O6. The second-order valence-corrected chi connectivity index (χ2v) is 4.82. The first-order chi connectivity index (χ1) is 9.65. The van der Waals surface area contributed by atoms with Crippen molar-refractivity contribution in [2.45, 2.75) is 38.3 Å². The van der Waals surface area contributed by atoms with Gasteiger partial charge in [-0.1, -0.05) is 6.92 Å². The van der Waals surface area contributed by atoms with Gasteiger partial charge in [0.15, 0.2) is 0 Å². The Balaban J connectivity index is 4.29. The lowest BCUT2D eigenvalue weighted by Gasteiger charge is -2.19. The van der Waals surface area contributed by atoms with E-state index in [9.17, 15) is 19.2 Å². The number of nitrogens with two attached hydrogens (primary N) is 2. The zero-order valence-electron chi connectivity index (χ0n) is 11.7. The standard InChI is InChI=1S/C12H21N3O6/c1-6(11(14)12(21)15-5-10(19)20)4-8(16)7(13)2-3-9(17)18/h6-7,11H,2-5,13-14H2,1H3,(H,15,21)(H,17,18)(H,19,20)/t6?,7-,11-/m0/s1. The van der Waals surface area contributed by atoms with Crippen LogP contribution in [0.4, 0.5) is 0 Å². The lowest BCUT2D eigenvalue weighted by atomic mass is 9.92. The third-order valence-corrected chi connectivity index (χ3v) is 2.94. The van der Waals surface area contributed by atoms with Crippen LogP contribution in [0.3, 0.4) is 0 Å². The van der Waals surface area contributed by atoms with E-state index in [1.807, 2.05) is 0 Å². The summed E-state index contributed by atoms with van der Waals surface area (Å²) in [6.07, 6.45) is -0.282. The van der Waals surface area contributed by atoms with Crippen LogP contribution in [-0.4, -0.2) is 52.5 Å². The number of carboxylic acids is 2. The molecule has 0 aliphatic heterocycles. The largest absolute Gasteiger partial charge is 0.481 e. The third kappa shape index (κ3) is 8.00. The number of ketones is 1. The Labute approximate surface area is 121 Å². The van der Waals surface area contributed by atoms with Gasteiger partial charge in [-0.05, 0) is 12.3 Å². The van der Waals surface area contributed by atoms with Gasteiger partial charge < -0.3 is 27.0 Å². The van der Waals surface area contributed by atoms with Gasteiger partial charge in [-0.15, -0.1) is 0 Å². The molecule has 0 bridgehead atoms. The molecule has 0 heterocycles. The van der Waals surface area contributed by atoms with Crippen molar-refractivity contribution in [2.75, 3.05) is 6.54 Å². The fourth-order valence-electron chi connectivity index (χ4n) is 1.57. The van der Waals surface area contributed by atoms with Gasteiger partial charge in [-0.25, -0.2) is 0 Å². The Kier molecular flexibility index (Phi) is 8.17. The normalized spacial score (nSPS) is 14.8. The molecule has 0 aliphatic carbocycles. The summed E-state index contributed by atoms with van der Waals surface area (Å²) in [6.45, 7) is 1.01. The Hall–Kier alpha value is -2.00. The van der Waals surface area contributed by atoms with Gasteiger partial charge >= 0.3 is 11.9 Å². The van der Waals surface area contributed by atoms with Crippen LogP contribution in [0.2, 0.25) is 0 Å². The maximum atomic E-state index is 11.8. The van der Waals surface area contributed by atoms with E-state index in [1.54, 1.807) is 6.92 Å². The molecule has 0 aliphatic rings. The van der Waals surface area contributed by atoms with Crippen molar-refractivity contribution in [3.8, 4) is 0 Å². The number of carboxylic acid groups (broad SMARTS) is 2. The second kappa shape index (κ2) is 9.03. The lowest BCUT2D eigenvalue weighted by molar-refractivity contribution is -0.138. The topological polar surface area (TPSA) is 173 Å². The average molecular weight is 303 g/mol. The summed E-state index contributed by atoms with van der Waals surface area (Å²) >= 11 is 0. The van der Waals surface area contributed by atoms with E-state index >= 15 is 0 Å². The molecule has 7 N–H and O–H groups in total. The van der Waals surface area contributed by atoms with Gasteiger partial charge in [0.25, 0.3) is 0 Å². The molecule has 0 radical (unpaired) electrons. The molecule has 0 fully saturated rings. The highest BCUT2D eigenvalue weighted by atomic mass is 16.4. The first-order valence-electron chi connectivity index (χ1n) is 6.40. The summed E-state index contributed by atoms with van der Waals surface area (Å²) in [6, 6.07) is -1.96. The molecule has 0 aromatic rings. The number of Topliss-reactive ketones (excluding diaryl/α,β-unsaturated/α-hetero) is 1. The molecule has 120 valence electrons. The van der Waals surface area contributed by atoms with Gasteiger partial charge in [0, 0.05) is 12.8 Å². The van der Waals surface area contributed by atoms with E-state index in [1.165, 1.54) is 0 Å². The smallest absolute Gasteiger partial charge is 0.322 e. The first kappa shape index (κ1) is 19.0. The minimum atomic E-state index is -1.20. The predicted molar refractivity (Wildman–Crippen MR) is 72.3 cm³/mol. The van der Waals surface area contributed by atoms with Crippen LogP contribution in [0, 0.1) is 5.92 Å². The third-order valence-electron chi connectivity index (χ3n) is 2.94. The van der Waals surface area contributed by atoms with Crippen LogP contribution in [0.1, 0.15) is 26.2 Å². The molecule has 1 amide bonds. The Morgan fingerprint density at radius 2 is 1.67 bits per heavy atom. The number of hydrogen-bond donors (Lipinski definition) is 5. The summed E-state index contributed by atoms with van der Waals surface area (Å²) in [4.78, 5) is 44.0. The number of nitrogens with one attached hydrogen (secondary N) is 1. The van der Waals surface area contributed by atoms with Crippen molar-refractivity contribution in [3.05, 3.63) is 0 Å². The number of rotatable bonds is 10. The molecule has 9 nitrogen and oxygen atoms in total. The molecule has 0 spiro atoms. The van der Waals surface area contributed by atoms with Gasteiger partial charge in [0.1, 0.15) is 12.3 Å². The van der Waals surface area contributed by atoms with Crippen LogP contribution >= 0.6 is 0 Å². The fraction of sp³-hybridized carbons (Fsp3) is 0.667.